The molecular weight excluding hydrogens is 955 g/mol. The standard InChI is InChI=1S/5C8H19ClNO.C2H2O4.BO3/c5*1-5-8(9)11-10(4,6-2)7-3;3-1(4)2(5)6;2-1(3)4/h5*8H,5-7H2,1-4H3;(H,3,4)(H,5,6);/q5*+1;;-3/p-2. The molecule has 0 spiro atoms. The molecule has 0 radical (unpaired) electrons. The van der Waals surface area contributed by atoms with Gasteiger partial charge in [0.25, 0.3) is 0 Å². The van der Waals surface area contributed by atoms with Crippen LogP contribution in [0.3, 0.4) is 0 Å². The summed E-state index contributed by atoms with van der Waals surface area (Å²) in [5.41, 5.74) is -0.764. The quantitative estimate of drug-likeness (QED) is 0.0411. The van der Waals surface area contributed by atoms with E-state index >= 15 is 0 Å². The lowest BCUT2D eigenvalue weighted by Gasteiger charge is -2.35. The minimum Gasteiger partial charge on any atom is -0.907 e. The highest BCUT2D eigenvalue weighted by Gasteiger charge is 2.25. The van der Waals surface area contributed by atoms with Crippen molar-refractivity contribution in [2.24, 2.45) is 0 Å². The number of nitrogens with zero attached hydrogens (tertiary/aromatic N) is 5. The van der Waals surface area contributed by atoms with Crippen molar-refractivity contribution in [3.8, 4) is 0 Å². The Morgan fingerprint density at radius 2 is 0.446 bits per heavy atom. The van der Waals surface area contributed by atoms with Gasteiger partial charge in [0.2, 0.25) is 0 Å². The molecular formula is C42H95BCl5N5O12. The molecule has 17 nitrogen and oxygen atoms in total. The van der Waals surface area contributed by atoms with Gasteiger partial charge in [0.05, 0.1) is 47.2 Å². The maximum absolute atomic E-state index is 8.93. The van der Waals surface area contributed by atoms with Gasteiger partial charge >= 0.3 is 0 Å². The Bertz CT molecular complexity index is 905. The Labute approximate surface area is 422 Å². The molecule has 0 bridgehead atoms. The second-order valence-corrected chi connectivity index (χ2v) is 17.6. The molecule has 5 unspecified atom stereocenters. The molecule has 5 atom stereocenters. The van der Waals surface area contributed by atoms with Gasteiger partial charge in [-0.3, -0.25) is 7.32 Å². The largest absolute Gasteiger partial charge is 0.907 e. The van der Waals surface area contributed by atoms with E-state index in [4.69, 9.17) is 117 Å². The van der Waals surface area contributed by atoms with E-state index in [9.17, 15) is 0 Å². The molecule has 0 N–H and O–H groups in total. The molecule has 0 aromatic rings. The molecule has 0 saturated heterocycles. The van der Waals surface area contributed by atoms with Crippen molar-refractivity contribution in [3.05, 3.63) is 0 Å². The highest BCUT2D eigenvalue weighted by atomic mass is 35.5. The van der Waals surface area contributed by atoms with Crippen LogP contribution in [0.5, 0.6) is 0 Å². The molecule has 0 aliphatic heterocycles. The highest BCUT2D eigenvalue weighted by Crippen LogP contribution is 2.15. The molecule has 0 aliphatic carbocycles. The first kappa shape index (κ1) is 79.1. The van der Waals surface area contributed by atoms with E-state index in [1.54, 1.807) is 0 Å². The monoisotopic (exact) mass is 1050 g/mol. The van der Waals surface area contributed by atoms with E-state index in [0.29, 0.717) is 23.2 Å². The molecule has 398 valence electrons. The van der Waals surface area contributed by atoms with Crippen molar-refractivity contribution >= 4 is 77.3 Å². The van der Waals surface area contributed by atoms with Crippen LogP contribution in [0.2, 0.25) is 0 Å². The van der Waals surface area contributed by atoms with Crippen molar-refractivity contribution < 1.29 is 82.3 Å². The summed E-state index contributed by atoms with van der Waals surface area (Å²) in [5.74, 6) is -4.37. The maximum Gasteiger partial charge on any atom is 0.189 e. The lowest BCUT2D eigenvalue weighted by molar-refractivity contribution is -1.09. The molecule has 0 aromatic heterocycles. The summed E-state index contributed by atoms with van der Waals surface area (Å²) in [6, 6.07) is 0. The van der Waals surface area contributed by atoms with Crippen molar-refractivity contribution in [1.29, 1.82) is 0 Å². The van der Waals surface area contributed by atoms with Crippen LogP contribution in [0.25, 0.3) is 0 Å². The molecule has 23 heteroatoms. The summed E-state index contributed by atoms with van der Waals surface area (Å²) >= 11 is 29.3. The Balaban J connectivity index is -0.000000123. The molecule has 0 saturated carbocycles. The van der Waals surface area contributed by atoms with Crippen LogP contribution in [0.4, 0.5) is 0 Å². The molecule has 0 amide bonds. The van der Waals surface area contributed by atoms with Gasteiger partial charge < -0.3 is 34.9 Å². The van der Waals surface area contributed by atoms with Gasteiger partial charge in [-0.15, -0.1) is 0 Å². The molecule has 0 heterocycles. The fraction of sp³-hybridized carbons (Fsp3) is 0.952. The van der Waals surface area contributed by atoms with Crippen LogP contribution in [0, 0.1) is 0 Å². The van der Waals surface area contributed by atoms with E-state index < -0.39 is 19.3 Å². The number of rotatable bonds is 25. The van der Waals surface area contributed by atoms with E-state index in [1.165, 1.54) is 0 Å². The van der Waals surface area contributed by atoms with Crippen LogP contribution >= 0.6 is 58.0 Å². The molecule has 0 fully saturated rings. The minimum atomic E-state index is -2.92. The summed E-state index contributed by atoms with van der Waals surface area (Å²) in [5, 5.41) is 43.1. The number of carboxylic acid groups (broad SMARTS) is 2. The maximum atomic E-state index is 8.93. The molecule has 0 aromatic carbocycles. The Kier molecular flexibility index (Phi) is 56.4. The number of hydroxylamine groups is 15. The Morgan fingerprint density at radius 3 is 0.492 bits per heavy atom. The van der Waals surface area contributed by atoms with E-state index in [-0.39, 0.29) is 27.8 Å². The Morgan fingerprint density at radius 1 is 0.354 bits per heavy atom. The van der Waals surface area contributed by atoms with Crippen LogP contribution in [0.1, 0.15) is 136 Å². The number of halogens is 5. The molecule has 0 aliphatic rings. The van der Waals surface area contributed by atoms with Gasteiger partial charge in [0, 0.05) is 0 Å². The van der Waals surface area contributed by atoms with Crippen molar-refractivity contribution in [1.82, 2.24) is 0 Å². The molecule has 0 rings (SSSR count). The predicted octanol–water partition coefficient (Wildman–Crippen LogP) is 4.43. The first-order valence-corrected chi connectivity index (χ1v) is 25.2. The lowest BCUT2D eigenvalue weighted by atomic mass is 10.3. The van der Waals surface area contributed by atoms with E-state index in [2.05, 4.69) is 69.2 Å². The number of quaternary nitrogens is 5. The first-order valence-electron chi connectivity index (χ1n) is 23.0. The third kappa shape index (κ3) is 51.6. The fourth-order valence-electron chi connectivity index (χ4n) is 3.62. The number of carbonyl (C=O) groups excluding carboxylic acids is 2. The third-order valence-corrected chi connectivity index (χ3v) is 12.2. The first-order chi connectivity index (χ1) is 29.8. The van der Waals surface area contributed by atoms with E-state index in [1.807, 2.05) is 69.9 Å². The van der Waals surface area contributed by atoms with Crippen LogP contribution in [-0.4, -0.2) is 171 Å². The lowest BCUT2D eigenvalue weighted by Crippen LogP contribution is -2.56. The number of hydrogen-bond acceptors (Lipinski definition) is 12. The number of hydrogen-bond donors (Lipinski definition) is 0. The van der Waals surface area contributed by atoms with Crippen LogP contribution in [-0.2, 0) is 33.8 Å². The Hall–Kier alpha value is -0.0651. The van der Waals surface area contributed by atoms with Gasteiger partial charge in [0.15, 0.2) is 27.8 Å². The SMILES string of the molecule is CCC(Cl)O[N+](C)(CC)CC.CCC(Cl)O[N+](C)(CC)CC.CCC(Cl)O[N+](C)(CC)CC.CCC(Cl)O[N+](C)(CC)CC.CCC(Cl)O[N+](C)(CC)CC.O=C([O-])C(=O)[O-].[O-]B([O-])[O-]. The fourth-order valence-corrected chi connectivity index (χ4v) is 4.58. The van der Waals surface area contributed by atoms with Crippen molar-refractivity contribution in [3.63, 3.8) is 0 Å². The van der Waals surface area contributed by atoms with Crippen molar-refractivity contribution in [2.75, 3.05) is 101 Å². The van der Waals surface area contributed by atoms with Gasteiger partial charge in [-0.1, -0.05) is 92.6 Å². The summed E-state index contributed by atoms with van der Waals surface area (Å²) < 4.78 is 3.00. The normalized spacial score (nSPS) is 13.8. The number of carboxylic acids is 2. The highest BCUT2D eigenvalue weighted by molar-refractivity contribution is 6.25. The van der Waals surface area contributed by atoms with Crippen molar-refractivity contribution in [2.45, 2.75) is 164 Å². The summed E-state index contributed by atoms with van der Waals surface area (Å²) in [6.07, 6.45) is 4.28. The number of alkyl halides is 5. The third-order valence-electron chi connectivity index (χ3n) is 10.3. The van der Waals surface area contributed by atoms with E-state index in [0.717, 1.165) is 97.6 Å². The van der Waals surface area contributed by atoms with Crippen LogP contribution < -0.4 is 25.3 Å². The zero-order valence-electron chi connectivity index (χ0n) is 44.1. The number of carbonyl (C=O) groups is 2. The second kappa shape index (κ2) is 46.3. The van der Waals surface area contributed by atoms with Gasteiger partial charge in [-0.25, -0.2) is 0 Å². The average Bonchev–Trinajstić information content (AvgIpc) is 3.29. The topological polar surface area (TPSA) is 196 Å². The molecule has 65 heavy (non-hydrogen) atoms. The zero-order valence-corrected chi connectivity index (χ0v) is 47.9. The summed E-state index contributed by atoms with van der Waals surface area (Å²) in [7, 11) is 7.32. The smallest absolute Gasteiger partial charge is 0.189 e. The van der Waals surface area contributed by atoms with Gasteiger partial charge in [0.1, 0.15) is 65.4 Å². The average molecular weight is 1050 g/mol. The summed E-state index contributed by atoms with van der Waals surface area (Å²) in [4.78, 5) is 45.8. The minimum absolute atomic E-state index is 0.153. The summed E-state index contributed by atoms with van der Waals surface area (Å²) in [6.45, 7) is 40.7. The zero-order chi connectivity index (χ0) is 53.3. The van der Waals surface area contributed by atoms with Gasteiger partial charge in [-0.05, 0) is 101 Å². The second-order valence-electron chi connectivity index (χ2n) is 15.1. The predicted molar refractivity (Wildman–Crippen MR) is 257 cm³/mol. The van der Waals surface area contributed by atoms with Gasteiger partial charge in [-0.2, -0.15) is 47.4 Å². The van der Waals surface area contributed by atoms with Crippen LogP contribution in [0.15, 0.2) is 0 Å². The number of aliphatic carboxylic acids is 2.